The first-order valence-electron chi connectivity index (χ1n) is 9.39. The van der Waals surface area contributed by atoms with Crippen LogP contribution in [0.5, 0.6) is 0 Å². The van der Waals surface area contributed by atoms with Gasteiger partial charge in [-0.15, -0.1) is 0 Å². The Labute approximate surface area is 161 Å². The fourth-order valence-electron chi connectivity index (χ4n) is 3.16. The summed E-state index contributed by atoms with van der Waals surface area (Å²) >= 11 is 0. The van der Waals surface area contributed by atoms with Crippen LogP contribution in [0.4, 0.5) is 16.2 Å². The molecule has 2 N–H and O–H groups in total. The number of anilines is 2. The van der Waals surface area contributed by atoms with Gasteiger partial charge >= 0.3 is 6.03 Å². The first-order valence-corrected chi connectivity index (χ1v) is 9.39. The SMILES string of the molecule is COCCN1CCN(c2ccc(NC(=O)NCc3ccccc3)cc2)CC1. The highest BCUT2D eigenvalue weighted by Crippen LogP contribution is 2.19. The maximum Gasteiger partial charge on any atom is 0.319 e. The molecule has 1 aliphatic rings. The predicted molar refractivity (Wildman–Crippen MR) is 109 cm³/mol. The van der Waals surface area contributed by atoms with E-state index in [2.05, 4.69) is 32.6 Å². The summed E-state index contributed by atoms with van der Waals surface area (Å²) in [4.78, 5) is 16.8. The van der Waals surface area contributed by atoms with Crippen LogP contribution in [0.15, 0.2) is 54.6 Å². The summed E-state index contributed by atoms with van der Waals surface area (Å²) in [6, 6.07) is 17.7. The van der Waals surface area contributed by atoms with Crippen LogP contribution < -0.4 is 15.5 Å². The van der Waals surface area contributed by atoms with Crippen LogP contribution in [-0.4, -0.2) is 57.4 Å². The van der Waals surface area contributed by atoms with Gasteiger partial charge in [0.15, 0.2) is 0 Å². The van der Waals surface area contributed by atoms with E-state index < -0.39 is 0 Å². The molecule has 27 heavy (non-hydrogen) atoms. The molecule has 0 unspecified atom stereocenters. The van der Waals surface area contributed by atoms with Crippen LogP contribution in [0.2, 0.25) is 0 Å². The van der Waals surface area contributed by atoms with Crippen molar-refractivity contribution in [1.29, 1.82) is 0 Å². The van der Waals surface area contributed by atoms with E-state index in [1.54, 1.807) is 7.11 Å². The van der Waals surface area contributed by atoms with Crippen molar-refractivity contribution < 1.29 is 9.53 Å². The highest BCUT2D eigenvalue weighted by atomic mass is 16.5. The summed E-state index contributed by atoms with van der Waals surface area (Å²) in [5.41, 5.74) is 3.06. The van der Waals surface area contributed by atoms with Gasteiger partial charge in [-0.05, 0) is 29.8 Å². The Morgan fingerprint density at radius 2 is 1.70 bits per heavy atom. The lowest BCUT2D eigenvalue weighted by molar-refractivity contribution is 0.144. The summed E-state index contributed by atoms with van der Waals surface area (Å²) in [6.45, 7) is 6.40. The minimum absolute atomic E-state index is 0.196. The van der Waals surface area contributed by atoms with Gasteiger partial charge < -0.3 is 20.3 Å². The second kappa shape index (κ2) is 9.94. The zero-order chi connectivity index (χ0) is 18.9. The molecule has 2 aromatic carbocycles. The summed E-state index contributed by atoms with van der Waals surface area (Å²) in [6.07, 6.45) is 0. The number of ether oxygens (including phenoxy) is 1. The third-order valence-corrected chi connectivity index (χ3v) is 4.77. The Morgan fingerprint density at radius 3 is 2.37 bits per heavy atom. The summed E-state index contributed by atoms with van der Waals surface area (Å²) in [5.74, 6) is 0. The molecule has 1 heterocycles. The standard InChI is InChI=1S/C21H28N4O2/c1-27-16-15-24-11-13-25(14-12-24)20-9-7-19(8-10-20)23-21(26)22-17-18-5-3-2-4-6-18/h2-10H,11-17H2,1H3,(H2,22,23,26). The number of nitrogens with one attached hydrogen (secondary N) is 2. The van der Waals surface area contributed by atoms with E-state index in [0.717, 1.165) is 50.6 Å². The third kappa shape index (κ3) is 5.98. The number of nitrogens with zero attached hydrogens (tertiary/aromatic N) is 2. The molecule has 2 amide bonds. The average Bonchev–Trinajstić information content (AvgIpc) is 2.72. The lowest BCUT2D eigenvalue weighted by atomic mass is 10.2. The number of amides is 2. The number of hydrogen-bond donors (Lipinski definition) is 2. The van der Waals surface area contributed by atoms with E-state index in [1.165, 1.54) is 5.69 Å². The van der Waals surface area contributed by atoms with Gasteiger partial charge in [-0.25, -0.2) is 4.79 Å². The van der Waals surface area contributed by atoms with Crippen LogP contribution in [0, 0.1) is 0 Å². The Kier molecular flexibility index (Phi) is 7.07. The van der Waals surface area contributed by atoms with Crippen molar-refractivity contribution in [3.05, 3.63) is 60.2 Å². The molecule has 0 bridgehead atoms. The van der Waals surface area contributed by atoms with Crippen molar-refractivity contribution in [2.24, 2.45) is 0 Å². The van der Waals surface area contributed by atoms with E-state index in [1.807, 2.05) is 42.5 Å². The Bertz CT molecular complexity index is 698. The highest BCUT2D eigenvalue weighted by Gasteiger charge is 2.16. The Hall–Kier alpha value is -2.57. The fourth-order valence-corrected chi connectivity index (χ4v) is 3.16. The van der Waals surface area contributed by atoms with Crippen molar-refractivity contribution in [2.75, 3.05) is 56.7 Å². The first kappa shape index (κ1) is 19.2. The third-order valence-electron chi connectivity index (χ3n) is 4.77. The molecule has 0 saturated carbocycles. The zero-order valence-electron chi connectivity index (χ0n) is 15.9. The number of methoxy groups -OCH3 is 1. The number of carbonyl (C=O) groups excluding carboxylic acids is 1. The van der Waals surface area contributed by atoms with E-state index >= 15 is 0 Å². The van der Waals surface area contributed by atoms with Gasteiger partial charge in [-0.2, -0.15) is 0 Å². The van der Waals surface area contributed by atoms with Crippen LogP contribution in [0.3, 0.4) is 0 Å². The highest BCUT2D eigenvalue weighted by molar-refractivity contribution is 5.89. The summed E-state index contributed by atoms with van der Waals surface area (Å²) < 4.78 is 5.15. The molecule has 0 atom stereocenters. The van der Waals surface area contributed by atoms with Crippen molar-refractivity contribution in [3.63, 3.8) is 0 Å². The number of carbonyl (C=O) groups is 1. The van der Waals surface area contributed by atoms with Gasteiger partial charge in [0.25, 0.3) is 0 Å². The molecular formula is C21H28N4O2. The average molecular weight is 368 g/mol. The monoisotopic (exact) mass is 368 g/mol. The van der Waals surface area contributed by atoms with E-state index in [4.69, 9.17) is 4.74 Å². The zero-order valence-corrected chi connectivity index (χ0v) is 15.9. The minimum Gasteiger partial charge on any atom is -0.383 e. The molecule has 0 aliphatic carbocycles. The molecule has 0 radical (unpaired) electrons. The fraction of sp³-hybridized carbons (Fsp3) is 0.381. The van der Waals surface area contributed by atoms with Crippen molar-refractivity contribution >= 4 is 17.4 Å². The molecule has 1 aliphatic heterocycles. The van der Waals surface area contributed by atoms with Crippen molar-refractivity contribution in [2.45, 2.75) is 6.54 Å². The second-order valence-electron chi connectivity index (χ2n) is 6.66. The van der Waals surface area contributed by atoms with E-state index in [0.29, 0.717) is 6.54 Å². The smallest absolute Gasteiger partial charge is 0.319 e. The molecule has 1 fully saturated rings. The number of hydrogen-bond acceptors (Lipinski definition) is 4. The number of rotatable bonds is 7. The largest absolute Gasteiger partial charge is 0.383 e. The molecular weight excluding hydrogens is 340 g/mol. The second-order valence-corrected chi connectivity index (χ2v) is 6.66. The lowest BCUT2D eigenvalue weighted by Crippen LogP contribution is -2.47. The molecule has 0 spiro atoms. The molecule has 144 valence electrons. The van der Waals surface area contributed by atoms with Crippen molar-refractivity contribution in [3.8, 4) is 0 Å². The quantitative estimate of drug-likeness (QED) is 0.789. The maximum absolute atomic E-state index is 12.0. The van der Waals surface area contributed by atoms with Gasteiger partial charge in [0.1, 0.15) is 0 Å². The number of piperazine rings is 1. The molecule has 3 rings (SSSR count). The molecule has 1 saturated heterocycles. The summed E-state index contributed by atoms with van der Waals surface area (Å²) in [5, 5.41) is 5.75. The molecule has 6 nitrogen and oxygen atoms in total. The van der Waals surface area contributed by atoms with Crippen LogP contribution >= 0.6 is 0 Å². The van der Waals surface area contributed by atoms with E-state index in [-0.39, 0.29) is 6.03 Å². The normalized spacial score (nSPS) is 14.8. The first-order chi connectivity index (χ1) is 13.2. The maximum atomic E-state index is 12.0. The number of benzene rings is 2. The van der Waals surface area contributed by atoms with Gasteiger partial charge in [0.2, 0.25) is 0 Å². The van der Waals surface area contributed by atoms with Gasteiger partial charge in [0.05, 0.1) is 6.61 Å². The molecule has 0 aromatic heterocycles. The minimum atomic E-state index is -0.196. The lowest BCUT2D eigenvalue weighted by Gasteiger charge is -2.36. The molecule has 6 heteroatoms. The Morgan fingerprint density at radius 1 is 1.00 bits per heavy atom. The van der Waals surface area contributed by atoms with E-state index in [9.17, 15) is 4.79 Å². The van der Waals surface area contributed by atoms with Gasteiger partial charge in [-0.1, -0.05) is 30.3 Å². The molecule has 2 aromatic rings. The predicted octanol–water partition coefficient (Wildman–Crippen LogP) is 2.78. The van der Waals surface area contributed by atoms with Crippen LogP contribution in [0.1, 0.15) is 5.56 Å². The van der Waals surface area contributed by atoms with Crippen LogP contribution in [-0.2, 0) is 11.3 Å². The van der Waals surface area contributed by atoms with Crippen LogP contribution in [0.25, 0.3) is 0 Å². The number of urea groups is 1. The Balaban J connectivity index is 1.44. The van der Waals surface area contributed by atoms with Gasteiger partial charge in [0, 0.05) is 57.8 Å². The van der Waals surface area contributed by atoms with Gasteiger partial charge in [-0.3, -0.25) is 4.90 Å². The van der Waals surface area contributed by atoms with Crippen molar-refractivity contribution in [1.82, 2.24) is 10.2 Å². The summed E-state index contributed by atoms with van der Waals surface area (Å²) in [7, 11) is 1.74. The topological polar surface area (TPSA) is 56.8 Å².